The smallest absolute Gasteiger partial charge is 0.454 e. The molecule has 1 radical (unpaired) electrons. The normalized spacial score (nSPS) is 16.6. The van der Waals surface area contributed by atoms with Crippen molar-refractivity contribution in [3.8, 4) is 11.5 Å². The minimum atomic E-state index is -5.16. The lowest BCUT2D eigenvalue weighted by Crippen LogP contribution is -2.49. The summed E-state index contributed by atoms with van der Waals surface area (Å²) in [5.74, 6) is -1.99. The number of rotatable bonds is 10. The fraction of sp³-hybridized carbons (Fsp3) is 0.480. The number of hydrogen-bond donors (Lipinski definition) is 1. The Morgan fingerprint density at radius 2 is 1.89 bits per heavy atom. The number of amides is 2. The third kappa shape index (κ3) is 6.96. The number of aromatic nitrogens is 1. The Morgan fingerprint density at radius 3 is 2.58 bits per heavy atom. The molecule has 203 valence electrons. The van der Waals surface area contributed by atoms with Crippen LogP contribution in [0, 0.1) is 5.92 Å². The van der Waals surface area contributed by atoms with Gasteiger partial charge in [-0.2, -0.15) is 13.2 Å². The molecule has 1 aromatic carbocycles. The van der Waals surface area contributed by atoms with Gasteiger partial charge in [0.25, 0.3) is 0 Å². The highest BCUT2D eigenvalue weighted by Crippen LogP contribution is 2.37. The van der Waals surface area contributed by atoms with Crippen molar-refractivity contribution in [2.24, 2.45) is 5.92 Å². The third-order valence-corrected chi connectivity index (χ3v) is 6.67. The van der Waals surface area contributed by atoms with Gasteiger partial charge in [0, 0.05) is 32.6 Å². The molecule has 1 fully saturated rings. The first-order valence-electron chi connectivity index (χ1n) is 12.3. The minimum absolute atomic E-state index is 0.0396. The van der Waals surface area contributed by atoms with Gasteiger partial charge in [0.05, 0.1) is 0 Å². The van der Waals surface area contributed by atoms with E-state index >= 15 is 0 Å². The highest BCUT2D eigenvalue weighted by atomic mass is 19.4. The fourth-order valence-corrected chi connectivity index (χ4v) is 4.67. The van der Waals surface area contributed by atoms with Gasteiger partial charge in [0.2, 0.25) is 12.7 Å². The van der Waals surface area contributed by atoms with E-state index in [0.717, 1.165) is 12.8 Å². The Balaban J connectivity index is 1.58. The average molecular weight is 533 g/mol. The second-order valence-electron chi connectivity index (χ2n) is 9.19. The number of pyridine rings is 1. The van der Waals surface area contributed by atoms with Gasteiger partial charge in [-0.25, -0.2) is 0 Å². The standard InChI is InChI=1S/C25H29BF3N4O5/c1-36-26-32-11-6-17(7-12-32)8-13-33(24(35)25(27,28)29)22(19-2-3-20-21(14-19)38-16-37-20)23(34)31-15-18-4-9-30-10-5-18/h2-5,9-10,14,17,22H,6-8,11-13,15-16H2,1H3,(H,31,34). The molecule has 0 saturated carbocycles. The average Bonchev–Trinajstić information content (AvgIpc) is 3.38. The number of ether oxygens (including phenoxy) is 2. The highest BCUT2D eigenvalue weighted by molar-refractivity contribution is 6.23. The molecular weight excluding hydrogens is 504 g/mol. The Hall–Kier alpha value is -3.32. The molecule has 3 heterocycles. The van der Waals surface area contributed by atoms with Crippen molar-refractivity contribution in [2.45, 2.75) is 38.0 Å². The fourth-order valence-electron chi connectivity index (χ4n) is 4.67. The van der Waals surface area contributed by atoms with E-state index in [0.29, 0.717) is 41.5 Å². The monoisotopic (exact) mass is 533 g/mol. The zero-order valence-corrected chi connectivity index (χ0v) is 20.9. The molecule has 0 spiro atoms. The van der Waals surface area contributed by atoms with Gasteiger partial charge in [-0.1, -0.05) is 6.07 Å². The van der Waals surface area contributed by atoms with E-state index in [9.17, 15) is 22.8 Å². The molecule has 38 heavy (non-hydrogen) atoms. The summed E-state index contributed by atoms with van der Waals surface area (Å²) in [6, 6.07) is 6.31. The SMILES string of the molecule is CO[B]N1CCC(CCN(C(=O)C(F)(F)F)C(C(=O)NCc2ccncc2)c2ccc3c(c2)OCO3)CC1. The number of benzene rings is 1. The lowest BCUT2D eigenvalue weighted by atomic mass is 9.90. The summed E-state index contributed by atoms with van der Waals surface area (Å²) in [5, 5.41) is 2.69. The predicted octanol–water partition coefficient (Wildman–Crippen LogP) is 2.84. The van der Waals surface area contributed by atoms with Gasteiger partial charge in [0.1, 0.15) is 6.04 Å². The Morgan fingerprint density at radius 1 is 1.18 bits per heavy atom. The quantitative estimate of drug-likeness (QED) is 0.470. The van der Waals surface area contributed by atoms with Crippen LogP contribution in [-0.4, -0.2) is 73.8 Å². The van der Waals surface area contributed by atoms with Crippen LogP contribution in [0.5, 0.6) is 11.5 Å². The summed E-state index contributed by atoms with van der Waals surface area (Å²) in [4.78, 5) is 32.8. The van der Waals surface area contributed by atoms with Crippen LogP contribution in [-0.2, 0) is 20.8 Å². The first-order chi connectivity index (χ1) is 18.3. The molecule has 0 bridgehead atoms. The molecule has 13 heteroatoms. The van der Waals surface area contributed by atoms with Gasteiger partial charge in [-0.15, -0.1) is 0 Å². The molecule has 0 aliphatic carbocycles. The van der Waals surface area contributed by atoms with Crippen molar-refractivity contribution in [2.75, 3.05) is 33.5 Å². The van der Waals surface area contributed by atoms with Gasteiger partial charge in [-0.05, 0) is 73.7 Å². The van der Waals surface area contributed by atoms with E-state index in [1.165, 1.54) is 18.2 Å². The maximum Gasteiger partial charge on any atom is 0.471 e. The van der Waals surface area contributed by atoms with Crippen molar-refractivity contribution in [1.82, 2.24) is 20.0 Å². The van der Waals surface area contributed by atoms with E-state index in [1.807, 2.05) is 4.81 Å². The molecule has 2 aliphatic heterocycles. The molecule has 4 rings (SSSR count). The minimum Gasteiger partial charge on any atom is -0.454 e. The van der Waals surface area contributed by atoms with Crippen molar-refractivity contribution in [3.63, 3.8) is 0 Å². The van der Waals surface area contributed by atoms with Crippen LogP contribution >= 0.6 is 0 Å². The van der Waals surface area contributed by atoms with Crippen LogP contribution in [0.4, 0.5) is 13.2 Å². The summed E-state index contributed by atoms with van der Waals surface area (Å²) in [5.41, 5.74) is 0.912. The van der Waals surface area contributed by atoms with Crippen LogP contribution in [0.25, 0.3) is 0 Å². The molecule has 1 N–H and O–H groups in total. The number of alkyl halides is 3. The zero-order valence-electron chi connectivity index (χ0n) is 20.9. The maximum atomic E-state index is 13.8. The van der Waals surface area contributed by atoms with Crippen LogP contribution in [0.15, 0.2) is 42.7 Å². The molecular formula is C25H29BF3N4O5. The molecule has 1 unspecified atom stereocenters. The number of nitrogens with one attached hydrogen (secondary N) is 1. The van der Waals surface area contributed by atoms with Crippen molar-refractivity contribution in [1.29, 1.82) is 0 Å². The lowest BCUT2D eigenvalue weighted by Gasteiger charge is -2.35. The second kappa shape index (κ2) is 12.5. The Labute approximate surface area is 219 Å². The molecule has 9 nitrogen and oxygen atoms in total. The summed E-state index contributed by atoms with van der Waals surface area (Å²) >= 11 is 0. The largest absolute Gasteiger partial charge is 0.471 e. The molecule has 2 amide bonds. The summed E-state index contributed by atoms with van der Waals surface area (Å²) in [6.07, 6.45) is -0.274. The topological polar surface area (TPSA) is 93.2 Å². The van der Waals surface area contributed by atoms with Crippen molar-refractivity contribution in [3.05, 3.63) is 53.9 Å². The van der Waals surface area contributed by atoms with Gasteiger partial charge >= 0.3 is 19.7 Å². The van der Waals surface area contributed by atoms with Gasteiger partial charge in [0.15, 0.2) is 11.5 Å². The second-order valence-corrected chi connectivity index (χ2v) is 9.19. The molecule has 1 saturated heterocycles. The first kappa shape index (κ1) is 27.7. The lowest BCUT2D eigenvalue weighted by molar-refractivity contribution is -0.189. The van der Waals surface area contributed by atoms with Crippen molar-refractivity contribution < 1.29 is 36.9 Å². The van der Waals surface area contributed by atoms with E-state index < -0.39 is 24.0 Å². The third-order valence-electron chi connectivity index (χ3n) is 6.67. The van der Waals surface area contributed by atoms with E-state index in [1.54, 1.807) is 39.3 Å². The number of nitrogens with zero attached hydrogens (tertiary/aromatic N) is 3. The number of halogens is 3. The predicted molar refractivity (Wildman–Crippen MR) is 131 cm³/mol. The van der Waals surface area contributed by atoms with E-state index in [4.69, 9.17) is 14.1 Å². The highest BCUT2D eigenvalue weighted by Gasteiger charge is 2.47. The number of carbonyl (C=O) groups is 2. The number of hydrogen-bond acceptors (Lipinski definition) is 7. The van der Waals surface area contributed by atoms with Crippen LogP contribution < -0.4 is 14.8 Å². The Bertz CT molecular complexity index is 1100. The summed E-state index contributed by atoms with van der Waals surface area (Å²) < 4.78 is 57.2. The first-order valence-corrected chi connectivity index (χ1v) is 12.3. The Kier molecular flexibility index (Phi) is 9.11. The molecule has 2 aliphatic rings. The van der Waals surface area contributed by atoms with Gasteiger partial charge < -0.3 is 29.2 Å². The summed E-state index contributed by atoms with van der Waals surface area (Å²) in [7, 11) is 3.18. The van der Waals surface area contributed by atoms with Gasteiger partial charge in [-0.3, -0.25) is 14.6 Å². The van der Waals surface area contributed by atoms with E-state index in [2.05, 4.69) is 10.3 Å². The zero-order chi connectivity index (χ0) is 27.1. The molecule has 2 aromatic rings. The summed E-state index contributed by atoms with van der Waals surface area (Å²) in [6.45, 7) is 1.18. The van der Waals surface area contributed by atoms with Crippen LogP contribution in [0.2, 0.25) is 0 Å². The maximum absolute atomic E-state index is 13.8. The van der Waals surface area contributed by atoms with E-state index in [-0.39, 0.29) is 31.4 Å². The van der Waals surface area contributed by atoms with Crippen molar-refractivity contribution >= 4 is 19.4 Å². The number of piperidine rings is 1. The number of carbonyl (C=O) groups excluding carboxylic acids is 2. The van der Waals surface area contributed by atoms with Crippen LogP contribution in [0.1, 0.15) is 36.4 Å². The molecule has 1 aromatic heterocycles. The molecule has 1 atom stereocenters. The number of fused-ring (bicyclic) bond motifs is 1. The van der Waals surface area contributed by atoms with Crippen LogP contribution in [0.3, 0.4) is 0 Å².